The van der Waals surface area contributed by atoms with Gasteiger partial charge < -0.3 is 11.1 Å². The largest absolute Gasteiger partial charge is 0.351 e. The van der Waals surface area contributed by atoms with Crippen LogP contribution in [0.1, 0.15) is 23.2 Å². The summed E-state index contributed by atoms with van der Waals surface area (Å²) >= 11 is 0. The van der Waals surface area contributed by atoms with Gasteiger partial charge in [-0.15, -0.1) is 0 Å². The summed E-state index contributed by atoms with van der Waals surface area (Å²) in [7, 11) is 0. The van der Waals surface area contributed by atoms with Crippen LogP contribution in [0.15, 0.2) is 18.2 Å². The van der Waals surface area contributed by atoms with Gasteiger partial charge in [-0.25, -0.2) is 8.78 Å². The number of benzene rings is 1. The molecule has 1 aromatic rings. The normalized spacial score (nSPS) is 16.6. The predicted octanol–water partition coefficient (Wildman–Crippen LogP) is 1.43. The van der Waals surface area contributed by atoms with E-state index in [1.807, 2.05) is 0 Å². The van der Waals surface area contributed by atoms with Crippen molar-refractivity contribution in [3.63, 3.8) is 0 Å². The minimum absolute atomic E-state index is 0.0283. The first-order valence-corrected chi connectivity index (χ1v) is 5.50. The Hall–Kier alpha value is -1.49. The van der Waals surface area contributed by atoms with Crippen molar-refractivity contribution in [2.24, 2.45) is 11.1 Å². The van der Waals surface area contributed by atoms with Crippen molar-refractivity contribution in [1.82, 2.24) is 5.32 Å². The average molecular weight is 240 g/mol. The lowest BCUT2D eigenvalue weighted by Crippen LogP contribution is -2.34. The van der Waals surface area contributed by atoms with Crippen molar-refractivity contribution >= 4 is 5.91 Å². The van der Waals surface area contributed by atoms with Gasteiger partial charge in [0, 0.05) is 12.0 Å². The molecule has 1 amide bonds. The molecule has 0 atom stereocenters. The molecule has 92 valence electrons. The maximum Gasteiger partial charge on any atom is 0.254 e. The van der Waals surface area contributed by atoms with Crippen LogP contribution >= 0.6 is 0 Å². The van der Waals surface area contributed by atoms with Crippen LogP contribution in [-0.2, 0) is 0 Å². The predicted molar refractivity (Wildman–Crippen MR) is 59.4 cm³/mol. The van der Waals surface area contributed by atoms with E-state index in [1.54, 1.807) is 0 Å². The highest BCUT2D eigenvalue weighted by Crippen LogP contribution is 2.43. The van der Waals surface area contributed by atoms with Crippen LogP contribution in [0.25, 0.3) is 0 Å². The molecule has 0 spiro atoms. The standard InChI is InChI=1S/C12H14F2N2O/c13-9-3-1-2-8(10(9)14)11(17)16-7-12(6-15)4-5-12/h1-3H,4-7,15H2,(H,16,17). The van der Waals surface area contributed by atoms with Crippen molar-refractivity contribution in [1.29, 1.82) is 0 Å². The molecule has 0 heterocycles. The fraction of sp³-hybridized carbons (Fsp3) is 0.417. The molecule has 1 aliphatic rings. The highest BCUT2D eigenvalue weighted by molar-refractivity contribution is 5.94. The van der Waals surface area contributed by atoms with Crippen LogP contribution in [0.5, 0.6) is 0 Å². The topological polar surface area (TPSA) is 55.1 Å². The molecule has 2 rings (SSSR count). The van der Waals surface area contributed by atoms with Gasteiger partial charge in [-0.2, -0.15) is 0 Å². The summed E-state index contributed by atoms with van der Waals surface area (Å²) in [5, 5.41) is 2.60. The minimum Gasteiger partial charge on any atom is -0.351 e. The van der Waals surface area contributed by atoms with E-state index in [2.05, 4.69) is 5.32 Å². The smallest absolute Gasteiger partial charge is 0.254 e. The van der Waals surface area contributed by atoms with Gasteiger partial charge in [-0.05, 0) is 31.5 Å². The summed E-state index contributed by atoms with van der Waals surface area (Å²) in [6.07, 6.45) is 1.94. The quantitative estimate of drug-likeness (QED) is 0.836. The number of carbonyl (C=O) groups is 1. The highest BCUT2D eigenvalue weighted by atomic mass is 19.2. The molecule has 1 fully saturated rings. The summed E-state index contributed by atoms with van der Waals surface area (Å²) in [4.78, 5) is 11.6. The summed E-state index contributed by atoms with van der Waals surface area (Å²) in [6.45, 7) is 0.914. The average Bonchev–Trinajstić information content (AvgIpc) is 3.10. The molecule has 1 saturated carbocycles. The second-order valence-electron chi connectivity index (χ2n) is 4.49. The molecule has 0 aliphatic heterocycles. The molecule has 17 heavy (non-hydrogen) atoms. The minimum atomic E-state index is -1.11. The zero-order valence-electron chi connectivity index (χ0n) is 9.30. The van der Waals surface area contributed by atoms with Gasteiger partial charge in [0.15, 0.2) is 11.6 Å². The van der Waals surface area contributed by atoms with E-state index >= 15 is 0 Å². The Morgan fingerprint density at radius 1 is 1.41 bits per heavy atom. The fourth-order valence-electron chi connectivity index (χ4n) is 1.67. The van der Waals surface area contributed by atoms with Crippen molar-refractivity contribution in [3.8, 4) is 0 Å². The number of carbonyl (C=O) groups excluding carboxylic acids is 1. The maximum atomic E-state index is 13.3. The first kappa shape index (κ1) is 12.0. The van der Waals surface area contributed by atoms with Crippen molar-refractivity contribution in [2.45, 2.75) is 12.8 Å². The van der Waals surface area contributed by atoms with Crippen LogP contribution in [0, 0.1) is 17.0 Å². The monoisotopic (exact) mass is 240 g/mol. The molecule has 1 aliphatic carbocycles. The number of hydrogen-bond donors (Lipinski definition) is 2. The maximum absolute atomic E-state index is 13.3. The van der Waals surface area contributed by atoms with Gasteiger partial charge in [0.05, 0.1) is 5.56 Å². The zero-order valence-corrected chi connectivity index (χ0v) is 9.30. The Kier molecular flexibility index (Phi) is 3.11. The highest BCUT2D eigenvalue weighted by Gasteiger charge is 2.41. The van der Waals surface area contributed by atoms with Crippen LogP contribution < -0.4 is 11.1 Å². The molecular weight excluding hydrogens is 226 g/mol. The lowest BCUT2D eigenvalue weighted by molar-refractivity contribution is 0.0940. The number of rotatable bonds is 4. The molecule has 0 radical (unpaired) electrons. The van der Waals surface area contributed by atoms with Crippen LogP contribution in [-0.4, -0.2) is 19.0 Å². The molecule has 0 unspecified atom stereocenters. The molecule has 5 heteroatoms. The second-order valence-corrected chi connectivity index (χ2v) is 4.49. The van der Waals surface area contributed by atoms with Gasteiger partial charge >= 0.3 is 0 Å². The van der Waals surface area contributed by atoms with Crippen molar-refractivity contribution < 1.29 is 13.6 Å². The van der Waals surface area contributed by atoms with E-state index in [-0.39, 0.29) is 11.0 Å². The summed E-state index contributed by atoms with van der Waals surface area (Å²) in [5.41, 5.74) is 5.27. The van der Waals surface area contributed by atoms with E-state index in [0.717, 1.165) is 18.9 Å². The lowest BCUT2D eigenvalue weighted by atomic mass is 10.1. The Morgan fingerprint density at radius 2 is 2.12 bits per heavy atom. The SMILES string of the molecule is NCC1(CNC(=O)c2cccc(F)c2F)CC1. The Balaban J connectivity index is 2.02. The third-order valence-corrected chi connectivity index (χ3v) is 3.21. The molecule has 3 N–H and O–H groups in total. The third kappa shape index (κ3) is 2.44. The van der Waals surface area contributed by atoms with Gasteiger partial charge in [-0.3, -0.25) is 4.79 Å². The molecular formula is C12H14F2N2O. The summed E-state index contributed by atoms with van der Waals surface area (Å²) in [5.74, 6) is -2.72. The number of hydrogen-bond acceptors (Lipinski definition) is 2. The Bertz CT molecular complexity index is 444. The first-order chi connectivity index (χ1) is 8.08. The van der Waals surface area contributed by atoms with E-state index in [4.69, 9.17) is 5.73 Å². The zero-order chi connectivity index (χ0) is 12.5. The number of nitrogens with two attached hydrogens (primary N) is 1. The van der Waals surface area contributed by atoms with Gasteiger partial charge in [-0.1, -0.05) is 6.07 Å². The summed E-state index contributed by atoms with van der Waals surface area (Å²) < 4.78 is 26.2. The lowest BCUT2D eigenvalue weighted by Gasteiger charge is -2.13. The fourth-order valence-corrected chi connectivity index (χ4v) is 1.67. The van der Waals surface area contributed by atoms with E-state index in [1.165, 1.54) is 12.1 Å². The Morgan fingerprint density at radius 3 is 2.71 bits per heavy atom. The van der Waals surface area contributed by atoms with Gasteiger partial charge in [0.2, 0.25) is 0 Å². The van der Waals surface area contributed by atoms with E-state index < -0.39 is 17.5 Å². The molecule has 0 bridgehead atoms. The van der Waals surface area contributed by atoms with Gasteiger partial charge in [0.1, 0.15) is 0 Å². The van der Waals surface area contributed by atoms with Crippen molar-refractivity contribution in [2.75, 3.05) is 13.1 Å². The van der Waals surface area contributed by atoms with E-state index in [9.17, 15) is 13.6 Å². The Labute approximate surface area is 98.0 Å². The van der Waals surface area contributed by atoms with E-state index in [0.29, 0.717) is 13.1 Å². The number of amides is 1. The number of halogens is 2. The number of nitrogens with one attached hydrogen (secondary N) is 1. The molecule has 1 aromatic carbocycles. The van der Waals surface area contributed by atoms with Crippen LogP contribution in [0.2, 0.25) is 0 Å². The van der Waals surface area contributed by atoms with Crippen LogP contribution in [0.3, 0.4) is 0 Å². The molecule has 3 nitrogen and oxygen atoms in total. The third-order valence-electron chi connectivity index (χ3n) is 3.21. The first-order valence-electron chi connectivity index (χ1n) is 5.50. The second kappa shape index (κ2) is 4.41. The molecule has 0 saturated heterocycles. The van der Waals surface area contributed by atoms with Crippen molar-refractivity contribution in [3.05, 3.63) is 35.4 Å². The van der Waals surface area contributed by atoms with Gasteiger partial charge in [0.25, 0.3) is 5.91 Å². The van der Waals surface area contributed by atoms with Crippen LogP contribution in [0.4, 0.5) is 8.78 Å². The molecule has 0 aromatic heterocycles. The summed E-state index contributed by atoms with van der Waals surface area (Å²) in [6, 6.07) is 3.55.